The molecule has 2 N–H and O–H groups in total. The molecule has 0 aromatic heterocycles. The van der Waals surface area contributed by atoms with E-state index in [1.54, 1.807) is 0 Å². The van der Waals surface area contributed by atoms with Gasteiger partial charge >= 0.3 is 0 Å². The quantitative estimate of drug-likeness (QED) is 0.787. The number of likely N-dealkylation sites (N-methyl/N-ethyl adjacent to an activating group) is 1. The van der Waals surface area contributed by atoms with Gasteiger partial charge in [-0.1, -0.05) is 0 Å². The van der Waals surface area contributed by atoms with E-state index in [-0.39, 0.29) is 18.1 Å². The lowest BCUT2D eigenvalue weighted by atomic mass is 9.81. The predicted molar refractivity (Wildman–Crippen MR) is 75.6 cm³/mol. The topological polar surface area (TPSA) is 78.9 Å². The Kier molecular flexibility index (Phi) is 6.42. The van der Waals surface area contributed by atoms with Crippen molar-refractivity contribution in [3.8, 4) is 0 Å². The maximum Gasteiger partial charge on any atom is 0.300 e. The molecule has 2 rings (SSSR count). The van der Waals surface area contributed by atoms with Gasteiger partial charge in [-0.05, 0) is 39.7 Å². The molecule has 1 spiro atoms. The molecule has 6 nitrogen and oxygen atoms in total. The molecule has 20 heavy (non-hydrogen) atoms. The lowest BCUT2D eigenvalue weighted by molar-refractivity contribution is -0.169. The number of hydrogen-bond donors (Lipinski definition) is 2. The number of nitrogens with zero attached hydrogens (tertiary/aromatic N) is 1. The number of aliphatic carboxylic acids is 1. The number of rotatable bonds is 2. The summed E-state index contributed by atoms with van der Waals surface area (Å²) in [5.41, 5.74) is -0.0444. The largest absolute Gasteiger partial charge is 0.481 e. The number of nitrogens with one attached hydrogen (secondary N) is 1. The van der Waals surface area contributed by atoms with Crippen LogP contribution in [0.4, 0.5) is 0 Å². The second-order valence-corrected chi connectivity index (χ2v) is 5.46. The molecule has 1 saturated heterocycles. The summed E-state index contributed by atoms with van der Waals surface area (Å²) in [5.74, 6) is -0.691. The summed E-state index contributed by atoms with van der Waals surface area (Å²) >= 11 is 0. The Morgan fingerprint density at radius 2 is 2.05 bits per heavy atom. The molecule has 0 atom stereocenters. The first-order valence-electron chi connectivity index (χ1n) is 7.21. The van der Waals surface area contributed by atoms with Crippen LogP contribution in [0.5, 0.6) is 0 Å². The molecule has 6 heteroatoms. The van der Waals surface area contributed by atoms with Crippen molar-refractivity contribution in [2.75, 3.05) is 26.7 Å². The zero-order chi connectivity index (χ0) is 15.2. The van der Waals surface area contributed by atoms with Crippen LogP contribution in [-0.2, 0) is 14.3 Å². The van der Waals surface area contributed by atoms with Crippen molar-refractivity contribution >= 4 is 11.9 Å². The van der Waals surface area contributed by atoms with E-state index >= 15 is 0 Å². The fourth-order valence-corrected chi connectivity index (χ4v) is 2.81. The molecule has 1 aliphatic carbocycles. The molecular weight excluding hydrogens is 260 g/mol. The summed E-state index contributed by atoms with van der Waals surface area (Å²) in [7, 11) is 2.02. The van der Waals surface area contributed by atoms with Crippen molar-refractivity contribution < 1.29 is 19.4 Å². The monoisotopic (exact) mass is 286 g/mol. The van der Waals surface area contributed by atoms with Crippen LogP contribution in [0.15, 0.2) is 0 Å². The van der Waals surface area contributed by atoms with Gasteiger partial charge in [0, 0.05) is 26.1 Å². The maximum atomic E-state index is 11.6. The SMILES string of the molecule is CC(=O)O.CCN1C[C@]2(CC[C@H](NC)CC2)OCC1=O. The van der Waals surface area contributed by atoms with E-state index in [0.29, 0.717) is 6.04 Å². The fraction of sp³-hybridized carbons (Fsp3) is 0.857. The summed E-state index contributed by atoms with van der Waals surface area (Å²) in [6.45, 7) is 4.99. The molecule has 1 aliphatic heterocycles. The number of amides is 1. The van der Waals surface area contributed by atoms with Crippen LogP contribution in [0.25, 0.3) is 0 Å². The summed E-state index contributed by atoms with van der Waals surface area (Å²) in [5, 5.41) is 10.7. The lowest BCUT2D eigenvalue weighted by Gasteiger charge is -2.46. The molecule has 0 bridgehead atoms. The number of carbonyl (C=O) groups is 2. The van der Waals surface area contributed by atoms with Gasteiger partial charge in [-0.2, -0.15) is 0 Å². The van der Waals surface area contributed by atoms with Gasteiger partial charge in [0.2, 0.25) is 5.91 Å². The lowest BCUT2D eigenvalue weighted by Crippen LogP contribution is -2.56. The van der Waals surface area contributed by atoms with Gasteiger partial charge < -0.3 is 20.1 Å². The zero-order valence-corrected chi connectivity index (χ0v) is 12.6. The van der Waals surface area contributed by atoms with Crippen LogP contribution in [0, 0.1) is 0 Å². The van der Waals surface area contributed by atoms with E-state index in [4.69, 9.17) is 14.6 Å². The number of carboxylic acids is 1. The second kappa shape index (κ2) is 7.59. The first kappa shape index (κ1) is 16.9. The number of hydrogen-bond acceptors (Lipinski definition) is 4. The summed E-state index contributed by atoms with van der Waals surface area (Å²) in [4.78, 5) is 22.5. The normalized spacial score (nSPS) is 29.9. The highest BCUT2D eigenvalue weighted by Crippen LogP contribution is 2.34. The fourth-order valence-electron chi connectivity index (χ4n) is 2.81. The minimum atomic E-state index is -0.833. The third kappa shape index (κ3) is 4.76. The van der Waals surface area contributed by atoms with Gasteiger partial charge in [-0.3, -0.25) is 9.59 Å². The molecular formula is C14H26N2O4. The van der Waals surface area contributed by atoms with E-state index in [9.17, 15) is 4.79 Å². The van der Waals surface area contributed by atoms with Crippen LogP contribution >= 0.6 is 0 Å². The molecule has 0 aromatic rings. The molecule has 0 unspecified atom stereocenters. The van der Waals surface area contributed by atoms with E-state index < -0.39 is 5.97 Å². The highest BCUT2D eigenvalue weighted by atomic mass is 16.5. The van der Waals surface area contributed by atoms with Gasteiger partial charge in [0.05, 0.1) is 5.60 Å². The van der Waals surface area contributed by atoms with Gasteiger partial charge in [0.1, 0.15) is 6.61 Å². The van der Waals surface area contributed by atoms with Gasteiger partial charge in [-0.25, -0.2) is 0 Å². The van der Waals surface area contributed by atoms with E-state index in [2.05, 4.69) is 5.32 Å². The van der Waals surface area contributed by atoms with Crippen LogP contribution in [0.3, 0.4) is 0 Å². The average molecular weight is 286 g/mol. The zero-order valence-electron chi connectivity index (χ0n) is 12.6. The summed E-state index contributed by atoms with van der Waals surface area (Å²) in [6.07, 6.45) is 4.45. The molecule has 2 aliphatic rings. The van der Waals surface area contributed by atoms with E-state index in [0.717, 1.165) is 45.7 Å². The van der Waals surface area contributed by atoms with E-state index in [1.807, 2.05) is 18.9 Å². The highest BCUT2D eigenvalue weighted by Gasteiger charge is 2.41. The van der Waals surface area contributed by atoms with Crippen LogP contribution in [0.1, 0.15) is 39.5 Å². The average Bonchev–Trinajstić information content (AvgIpc) is 2.42. The Labute approximate surface area is 120 Å². The molecule has 0 radical (unpaired) electrons. The Hall–Kier alpha value is -1.14. The van der Waals surface area contributed by atoms with Crippen molar-refractivity contribution in [2.45, 2.75) is 51.2 Å². The second-order valence-electron chi connectivity index (χ2n) is 5.46. The van der Waals surface area contributed by atoms with Crippen LogP contribution < -0.4 is 5.32 Å². The Bertz CT molecular complexity index is 334. The Morgan fingerprint density at radius 1 is 1.50 bits per heavy atom. The smallest absolute Gasteiger partial charge is 0.300 e. The number of ether oxygens (including phenoxy) is 1. The maximum absolute atomic E-state index is 11.6. The molecule has 1 saturated carbocycles. The first-order valence-corrected chi connectivity index (χ1v) is 7.21. The van der Waals surface area contributed by atoms with Gasteiger partial charge in [-0.15, -0.1) is 0 Å². The minimum absolute atomic E-state index is 0.0444. The summed E-state index contributed by atoms with van der Waals surface area (Å²) in [6, 6.07) is 0.627. The van der Waals surface area contributed by atoms with Crippen molar-refractivity contribution in [2.24, 2.45) is 0 Å². The van der Waals surface area contributed by atoms with Crippen LogP contribution in [-0.4, -0.2) is 60.3 Å². The molecule has 1 heterocycles. The Balaban J connectivity index is 0.000000444. The van der Waals surface area contributed by atoms with Crippen LogP contribution in [0.2, 0.25) is 0 Å². The molecule has 116 valence electrons. The summed E-state index contributed by atoms with van der Waals surface area (Å²) < 4.78 is 5.82. The number of carboxylic acid groups (broad SMARTS) is 1. The van der Waals surface area contributed by atoms with Gasteiger partial charge in [0.25, 0.3) is 5.97 Å². The Morgan fingerprint density at radius 3 is 2.50 bits per heavy atom. The third-order valence-electron chi connectivity index (χ3n) is 4.02. The number of morpholine rings is 1. The molecule has 2 fully saturated rings. The standard InChI is InChI=1S/C12H22N2O2.C2H4O2/c1-3-14-9-12(16-8-11(14)15)6-4-10(13-2)5-7-12;1-2(3)4/h10,13H,3-9H2,1-2H3;1H3,(H,3,4)/t10-,12+;. The predicted octanol–water partition coefficient (Wildman–Crippen LogP) is 0.857. The van der Waals surface area contributed by atoms with E-state index in [1.165, 1.54) is 0 Å². The minimum Gasteiger partial charge on any atom is -0.481 e. The molecule has 0 aromatic carbocycles. The molecule has 1 amide bonds. The van der Waals surface area contributed by atoms with Crippen molar-refractivity contribution in [3.05, 3.63) is 0 Å². The van der Waals surface area contributed by atoms with Crippen molar-refractivity contribution in [1.82, 2.24) is 10.2 Å². The third-order valence-corrected chi connectivity index (χ3v) is 4.02. The van der Waals surface area contributed by atoms with Crippen molar-refractivity contribution in [1.29, 1.82) is 0 Å². The van der Waals surface area contributed by atoms with Crippen molar-refractivity contribution in [3.63, 3.8) is 0 Å². The van der Waals surface area contributed by atoms with Gasteiger partial charge in [0.15, 0.2) is 0 Å². The first-order chi connectivity index (χ1) is 9.42. The number of carbonyl (C=O) groups excluding carboxylic acids is 1. The highest BCUT2D eigenvalue weighted by molar-refractivity contribution is 5.78.